The minimum absolute atomic E-state index is 0.0500. The summed E-state index contributed by atoms with van der Waals surface area (Å²) in [5, 5.41) is 3.92. The monoisotopic (exact) mass is 324 g/mol. The molecule has 0 bridgehead atoms. The number of benzene rings is 1. The Morgan fingerprint density at radius 1 is 1.17 bits per heavy atom. The molecule has 1 N–H and O–H groups in total. The van der Waals surface area contributed by atoms with Gasteiger partial charge in [0.15, 0.2) is 10.9 Å². The van der Waals surface area contributed by atoms with Crippen molar-refractivity contribution in [3.63, 3.8) is 0 Å². The summed E-state index contributed by atoms with van der Waals surface area (Å²) in [5.74, 6) is 0.621. The zero-order valence-electron chi connectivity index (χ0n) is 13.0. The Labute approximate surface area is 137 Å². The first kappa shape index (κ1) is 14.3. The quantitative estimate of drug-likeness (QED) is 0.772. The Morgan fingerprint density at radius 2 is 2.00 bits per heavy atom. The third-order valence-corrected chi connectivity index (χ3v) is 4.92. The zero-order valence-corrected chi connectivity index (χ0v) is 13.8. The van der Waals surface area contributed by atoms with Crippen molar-refractivity contribution in [2.75, 3.05) is 5.32 Å². The molecule has 0 saturated carbocycles. The van der Waals surface area contributed by atoms with Gasteiger partial charge in [-0.15, -0.1) is 0 Å². The second kappa shape index (κ2) is 5.09. The average molecular weight is 324 g/mol. The van der Waals surface area contributed by atoms with E-state index in [0.717, 1.165) is 27.5 Å². The van der Waals surface area contributed by atoms with E-state index in [9.17, 15) is 4.79 Å². The van der Waals surface area contributed by atoms with Crippen LogP contribution in [0.5, 0.6) is 0 Å². The van der Waals surface area contributed by atoms with Crippen LogP contribution in [0.1, 0.15) is 36.3 Å². The van der Waals surface area contributed by atoms with Gasteiger partial charge in [-0.2, -0.15) is 0 Å². The van der Waals surface area contributed by atoms with E-state index in [1.165, 1.54) is 0 Å². The molecule has 116 valence electrons. The van der Waals surface area contributed by atoms with E-state index in [4.69, 9.17) is 0 Å². The summed E-state index contributed by atoms with van der Waals surface area (Å²) in [6.07, 6.45) is 2.97. The summed E-state index contributed by atoms with van der Waals surface area (Å²) in [6, 6.07) is 7.97. The largest absolute Gasteiger partial charge is 0.300 e. The number of carbonyl (C=O) groups is 1. The summed E-state index contributed by atoms with van der Waals surface area (Å²) in [7, 11) is 0. The molecule has 0 atom stereocenters. The number of nitrogens with zero attached hydrogens (tertiary/aromatic N) is 3. The number of Topliss-reactive ketones (excluding diaryl/α,β-unsaturated/α-hetero) is 1. The number of nitrogens with one attached hydrogen (secondary N) is 1. The molecule has 0 fully saturated rings. The van der Waals surface area contributed by atoms with Crippen molar-refractivity contribution in [3.05, 3.63) is 41.7 Å². The Kier molecular flexibility index (Phi) is 3.16. The Balaban J connectivity index is 1.66. The molecular weight excluding hydrogens is 308 g/mol. The highest BCUT2D eigenvalue weighted by Gasteiger charge is 2.32. The van der Waals surface area contributed by atoms with Gasteiger partial charge in [-0.25, -0.2) is 15.0 Å². The van der Waals surface area contributed by atoms with E-state index in [0.29, 0.717) is 17.9 Å². The number of para-hydroxylation sites is 1. The van der Waals surface area contributed by atoms with Crippen molar-refractivity contribution in [1.82, 2.24) is 15.0 Å². The van der Waals surface area contributed by atoms with E-state index in [1.54, 1.807) is 17.5 Å². The number of ketones is 1. The second-order valence-electron chi connectivity index (χ2n) is 6.61. The van der Waals surface area contributed by atoms with Crippen LogP contribution in [-0.4, -0.2) is 20.7 Å². The molecule has 1 aliphatic carbocycles. The molecule has 0 unspecified atom stereocenters. The fourth-order valence-corrected chi connectivity index (χ4v) is 3.77. The predicted octanol–water partition coefficient (Wildman–Crippen LogP) is 3.99. The van der Waals surface area contributed by atoms with Crippen LogP contribution >= 0.6 is 11.3 Å². The third-order valence-electron chi connectivity index (χ3n) is 3.97. The maximum atomic E-state index is 12.2. The first-order valence-electron chi connectivity index (χ1n) is 7.52. The topological polar surface area (TPSA) is 67.8 Å². The van der Waals surface area contributed by atoms with Gasteiger partial charge in [-0.1, -0.05) is 37.3 Å². The molecule has 0 aliphatic heterocycles. The molecule has 4 rings (SSSR count). The van der Waals surface area contributed by atoms with Gasteiger partial charge in [0.1, 0.15) is 0 Å². The lowest BCUT2D eigenvalue weighted by Gasteiger charge is -2.29. The number of anilines is 2. The van der Waals surface area contributed by atoms with Crippen LogP contribution in [0.25, 0.3) is 10.2 Å². The molecule has 2 aromatic heterocycles. The first-order chi connectivity index (χ1) is 11.0. The van der Waals surface area contributed by atoms with Crippen molar-refractivity contribution in [2.24, 2.45) is 5.41 Å². The van der Waals surface area contributed by atoms with E-state index >= 15 is 0 Å². The lowest BCUT2D eigenvalue weighted by molar-refractivity contribution is 0.0910. The standard InChI is InChI=1S/C17H16N4OS/c1-17(2)7-12-10(13(22)8-17)9-18-15(19-12)21-16-20-11-5-3-4-6-14(11)23-16/h3-6,9H,7-8H2,1-2H3,(H,18,19,20,21). The molecule has 23 heavy (non-hydrogen) atoms. The van der Waals surface area contributed by atoms with E-state index in [1.807, 2.05) is 24.3 Å². The minimum Gasteiger partial charge on any atom is -0.300 e. The number of hydrogen-bond donors (Lipinski definition) is 1. The molecule has 3 aromatic rings. The Hall–Kier alpha value is -2.34. The van der Waals surface area contributed by atoms with Gasteiger partial charge in [0.25, 0.3) is 0 Å². The number of fused-ring (bicyclic) bond motifs is 2. The molecule has 0 radical (unpaired) electrons. The SMILES string of the molecule is CC1(C)CC(=O)c2cnc(Nc3nc4ccccc4s3)nc2C1. The van der Waals surface area contributed by atoms with Crippen molar-refractivity contribution < 1.29 is 4.79 Å². The normalized spacial score (nSPS) is 16.3. The number of rotatable bonds is 2. The molecule has 0 spiro atoms. The van der Waals surface area contributed by atoms with Gasteiger partial charge in [-0.05, 0) is 24.0 Å². The molecule has 2 heterocycles. The van der Waals surface area contributed by atoms with Crippen LogP contribution in [0.3, 0.4) is 0 Å². The fraction of sp³-hybridized carbons (Fsp3) is 0.294. The number of carbonyl (C=O) groups excluding carboxylic acids is 1. The van der Waals surface area contributed by atoms with Crippen molar-refractivity contribution >= 4 is 38.4 Å². The second-order valence-corrected chi connectivity index (χ2v) is 7.64. The molecule has 0 saturated heterocycles. The van der Waals surface area contributed by atoms with Crippen LogP contribution in [0, 0.1) is 5.41 Å². The van der Waals surface area contributed by atoms with Crippen molar-refractivity contribution in [3.8, 4) is 0 Å². The van der Waals surface area contributed by atoms with Gasteiger partial charge in [0.2, 0.25) is 5.95 Å². The highest BCUT2D eigenvalue weighted by molar-refractivity contribution is 7.22. The fourth-order valence-electron chi connectivity index (χ4n) is 2.91. The average Bonchev–Trinajstić information content (AvgIpc) is 2.87. The third kappa shape index (κ3) is 2.70. The van der Waals surface area contributed by atoms with E-state index in [-0.39, 0.29) is 11.2 Å². The van der Waals surface area contributed by atoms with Crippen molar-refractivity contribution in [1.29, 1.82) is 0 Å². The summed E-state index contributed by atoms with van der Waals surface area (Å²) < 4.78 is 1.12. The lowest BCUT2D eigenvalue weighted by atomic mass is 9.76. The van der Waals surface area contributed by atoms with Gasteiger partial charge in [0.05, 0.1) is 21.5 Å². The summed E-state index contributed by atoms with van der Waals surface area (Å²) in [6.45, 7) is 4.19. The van der Waals surface area contributed by atoms with Crippen LogP contribution < -0.4 is 5.32 Å². The van der Waals surface area contributed by atoms with Crippen LogP contribution in [0.4, 0.5) is 11.1 Å². The van der Waals surface area contributed by atoms with Gasteiger partial charge in [-0.3, -0.25) is 4.79 Å². The maximum absolute atomic E-state index is 12.2. The van der Waals surface area contributed by atoms with Crippen LogP contribution in [0.15, 0.2) is 30.5 Å². The number of thiazole rings is 1. The highest BCUT2D eigenvalue weighted by atomic mass is 32.1. The molecular formula is C17H16N4OS. The van der Waals surface area contributed by atoms with Gasteiger partial charge < -0.3 is 5.32 Å². The molecule has 0 amide bonds. The molecule has 1 aromatic carbocycles. The van der Waals surface area contributed by atoms with Crippen LogP contribution in [-0.2, 0) is 6.42 Å². The Morgan fingerprint density at radius 3 is 2.83 bits per heavy atom. The smallest absolute Gasteiger partial charge is 0.229 e. The molecule has 1 aliphatic rings. The summed E-state index contributed by atoms with van der Waals surface area (Å²) >= 11 is 1.56. The lowest BCUT2D eigenvalue weighted by Crippen LogP contribution is -2.28. The van der Waals surface area contributed by atoms with Gasteiger partial charge in [0, 0.05) is 12.6 Å². The van der Waals surface area contributed by atoms with Gasteiger partial charge >= 0.3 is 0 Å². The van der Waals surface area contributed by atoms with E-state index in [2.05, 4.69) is 34.1 Å². The minimum atomic E-state index is -0.0500. The first-order valence-corrected chi connectivity index (χ1v) is 8.34. The number of hydrogen-bond acceptors (Lipinski definition) is 6. The van der Waals surface area contributed by atoms with E-state index < -0.39 is 0 Å². The molecule has 5 nitrogen and oxygen atoms in total. The zero-order chi connectivity index (χ0) is 16.0. The number of aromatic nitrogens is 3. The summed E-state index contributed by atoms with van der Waals surface area (Å²) in [5.41, 5.74) is 2.38. The summed E-state index contributed by atoms with van der Waals surface area (Å²) in [4.78, 5) is 25.5. The highest BCUT2D eigenvalue weighted by Crippen LogP contribution is 2.34. The molecule has 6 heteroatoms. The predicted molar refractivity (Wildman–Crippen MR) is 91.4 cm³/mol. The maximum Gasteiger partial charge on any atom is 0.229 e. The Bertz CT molecular complexity index is 883. The van der Waals surface area contributed by atoms with Crippen LogP contribution in [0.2, 0.25) is 0 Å². The van der Waals surface area contributed by atoms with Crippen molar-refractivity contribution in [2.45, 2.75) is 26.7 Å².